The molecule has 0 aliphatic carbocycles. The predicted octanol–water partition coefficient (Wildman–Crippen LogP) is 2.23. The molecule has 1 aliphatic heterocycles. The van der Waals surface area contributed by atoms with E-state index in [9.17, 15) is 13.2 Å². The first-order valence-electron chi connectivity index (χ1n) is 4.25. The Morgan fingerprint density at radius 3 is 2.00 bits per heavy atom. The Balaban J connectivity index is 2.30. The lowest BCUT2D eigenvalue weighted by Gasteiger charge is -2.16. The van der Waals surface area contributed by atoms with Crippen molar-refractivity contribution in [2.75, 3.05) is 6.26 Å². The highest BCUT2D eigenvalue weighted by Crippen LogP contribution is 2.42. The summed E-state index contributed by atoms with van der Waals surface area (Å²) in [6, 6.07) is 6.31. The van der Waals surface area contributed by atoms with Crippen LogP contribution in [0.3, 0.4) is 0 Å². The molecule has 2 nitrogen and oxygen atoms in total. The van der Waals surface area contributed by atoms with Crippen LogP contribution in [0, 0.1) is 0 Å². The number of halogens is 3. The van der Waals surface area contributed by atoms with Gasteiger partial charge in [-0.3, -0.25) is 0 Å². The van der Waals surface area contributed by atoms with Gasteiger partial charge in [-0.05, 0) is 24.0 Å². The molecule has 0 unspecified atom stereocenters. The fraction of sp³-hybridized carbons (Fsp3) is 0.333. The number of nitrogens with one attached hydrogen (secondary N) is 2. The van der Waals surface area contributed by atoms with E-state index in [0.717, 1.165) is 4.90 Å². The number of hydrogen-bond acceptors (Lipinski definition) is 3. The molecule has 2 rings (SSSR count). The summed E-state index contributed by atoms with van der Waals surface area (Å²) in [5, 5.41) is 0. The molecule has 0 aromatic heterocycles. The van der Waals surface area contributed by atoms with Gasteiger partial charge in [-0.15, -0.1) is 11.8 Å². The van der Waals surface area contributed by atoms with Gasteiger partial charge in [-0.2, -0.15) is 13.2 Å². The first kappa shape index (κ1) is 10.8. The zero-order chi connectivity index (χ0) is 11.1. The Hall–Kier alpha value is -0.720. The molecule has 0 radical (unpaired) electrons. The van der Waals surface area contributed by atoms with E-state index in [-0.39, 0.29) is 5.56 Å². The maximum Gasteiger partial charge on any atom is 0.426 e. The van der Waals surface area contributed by atoms with E-state index in [1.807, 2.05) is 6.26 Å². The highest BCUT2D eigenvalue weighted by Gasteiger charge is 2.65. The lowest BCUT2D eigenvalue weighted by atomic mass is 10.0. The van der Waals surface area contributed by atoms with Gasteiger partial charge in [0.05, 0.1) is 0 Å². The monoisotopic (exact) mass is 234 g/mol. The van der Waals surface area contributed by atoms with Crippen LogP contribution in [0.2, 0.25) is 0 Å². The summed E-state index contributed by atoms with van der Waals surface area (Å²) in [5.41, 5.74) is 2.47. The quantitative estimate of drug-likeness (QED) is 0.609. The summed E-state index contributed by atoms with van der Waals surface area (Å²) in [5.74, 6) is 0. The van der Waals surface area contributed by atoms with Gasteiger partial charge in [0, 0.05) is 4.90 Å². The topological polar surface area (TPSA) is 43.9 Å². The van der Waals surface area contributed by atoms with Crippen LogP contribution < -0.4 is 10.9 Å². The molecule has 1 heterocycles. The van der Waals surface area contributed by atoms with Crippen molar-refractivity contribution < 1.29 is 13.2 Å². The lowest BCUT2D eigenvalue weighted by molar-refractivity contribution is -0.165. The van der Waals surface area contributed by atoms with Crippen LogP contribution in [-0.4, -0.2) is 12.4 Å². The number of hydrogen-bond donors (Lipinski definition) is 2. The van der Waals surface area contributed by atoms with Crippen LogP contribution in [0.25, 0.3) is 0 Å². The Morgan fingerprint density at radius 2 is 1.67 bits per heavy atom. The Bertz CT molecular complexity index is 357. The van der Waals surface area contributed by atoms with E-state index in [0.29, 0.717) is 0 Å². The van der Waals surface area contributed by atoms with Crippen molar-refractivity contribution in [1.29, 1.82) is 0 Å². The highest BCUT2D eigenvalue weighted by atomic mass is 32.2. The second kappa shape index (κ2) is 3.40. The minimum atomic E-state index is -4.33. The molecule has 0 saturated carbocycles. The average molecular weight is 234 g/mol. The smallest absolute Gasteiger partial charge is 0.223 e. The minimum Gasteiger partial charge on any atom is -0.223 e. The van der Waals surface area contributed by atoms with Crippen molar-refractivity contribution >= 4 is 11.8 Å². The molecule has 15 heavy (non-hydrogen) atoms. The third kappa shape index (κ3) is 1.73. The predicted molar refractivity (Wildman–Crippen MR) is 52.2 cm³/mol. The van der Waals surface area contributed by atoms with Crippen molar-refractivity contribution in [2.24, 2.45) is 0 Å². The first-order valence-corrected chi connectivity index (χ1v) is 5.48. The third-order valence-electron chi connectivity index (χ3n) is 2.32. The molecule has 6 heteroatoms. The van der Waals surface area contributed by atoms with Crippen LogP contribution >= 0.6 is 11.8 Å². The van der Waals surface area contributed by atoms with Gasteiger partial charge >= 0.3 is 6.18 Å². The Morgan fingerprint density at radius 1 is 1.13 bits per heavy atom. The van der Waals surface area contributed by atoms with Crippen LogP contribution in [-0.2, 0) is 5.66 Å². The van der Waals surface area contributed by atoms with Gasteiger partial charge in [0.15, 0.2) is 0 Å². The zero-order valence-corrected chi connectivity index (χ0v) is 8.67. The van der Waals surface area contributed by atoms with E-state index < -0.39 is 11.8 Å². The second-order valence-electron chi connectivity index (χ2n) is 3.23. The Kier molecular flexibility index (Phi) is 2.44. The summed E-state index contributed by atoms with van der Waals surface area (Å²) >= 11 is 1.49. The normalized spacial score (nSPS) is 18.9. The number of rotatable bonds is 2. The van der Waals surface area contributed by atoms with Crippen molar-refractivity contribution in [3.63, 3.8) is 0 Å². The molecule has 2 N–H and O–H groups in total. The van der Waals surface area contributed by atoms with Crippen molar-refractivity contribution in [2.45, 2.75) is 16.7 Å². The van der Waals surface area contributed by atoms with Crippen LogP contribution in [0.15, 0.2) is 29.2 Å². The summed E-state index contributed by atoms with van der Waals surface area (Å²) in [6.07, 6.45) is -2.45. The van der Waals surface area contributed by atoms with Crippen LogP contribution in [0.5, 0.6) is 0 Å². The first-order chi connectivity index (χ1) is 6.99. The van der Waals surface area contributed by atoms with Crippen LogP contribution in [0.4, 0.5) is 13.2 Å². The summed E-state index contributed by atoms with van der Waals surface area (Å²) < 4.78 is 37.9. The van der Waals surface area contributed by atoms with E-state index >= 15 is 0 Å². The summed E-state index contributed by atoms with van der Waals surface area (Å²) in [6.45, 7) is 0. The standard InChI is InChI=1S/C9H9F3N2S/c1-15-7-4-2-6(3-5-7)8(13-14-8)9(10,11)12/h2-5,13-14H,1H3. The third-order valence-corrected chi connectivity index (χ3v) is 3.07. The van der Waals surface area contributed by atoms with Gasteiger partial charge in [0.2, 0.25) is 5.66 Å². The molecule has 1 aliphatic rings. The van der Waals surface area contributed by atoms with E-state index in [2.05, 4.69) is 10.9 Å². The molecule has 1 aromatic rings. The molecule has 0 atom stereocenters. The molecular weight excluding hydrogens is 225 g/mol. The fourth-order valence-corrected chi connectivity index (χ4v) is 1.76. The largest absolute Gasteiger partial charge is 0.426 e. The molecular formula is C9H9F3N2S. The molecule has 0 bridgehead atoms. The molecule has 1 fully saturated rings. The highest BCUT2D eigenvalue weighted by molar-refractivity contribution is 7.98. The minimum absolute atomic E-state index is 0.188. The average Bonchev–Trinajstić information content (AvgIpc) is 2.98. The summed E-state index contributed by atoms with van der Waals surface area (Å²) in [4.78, 5) is 0.941. The van der Waals surface area contributed by atoms with Crippen LogP contribution in [0.1, 0.15) is 5.56 Å². The van der Waals surface area contributed by atoms with Gasteiger partial charge in [-0.25, -0.2) is 10.9 Å². The molecule has 82 valence electrons. The van der Waals surface area contributed by atoms with E-state index in [1.165, 1.54) is 23.9 Å². The number of hydrazine groups is 1. The second-order valence-corrected chi connectivity index (χ2v) is 4.11. The Labute approximate surface area is 89.2 Å². The molecule has 0 amide bonds. The molecule has 0 spiro atoms. The molecule has 1 saturated heterocycles. The van der Waals surface area contributed by atoms with Gasteiger partial charge < -0.3 is 0 Å². The maximum atomic E-state index is 12.6. The van der Waals surface area contributed by atoms with E-state index in [1.54, 1.807) is 12.1 Å². The number of thioether (sulfide) groups is 1. The number of benzene rings is 1. The summed E-state index contributed by atoms with van der Waals surface area (Å²) in [7, 11) is 0. The maximum absolute atomic E-state index is 12.6. The van der Waals surface area contributed by atoms with E-state index in [4.69, 9.17) is 0 Å². The van der Waals surface area contributed by atoms with Gasteiger partial charge in [-0.1, -0.05) is 12.1 Å². The number of alkyl halides is 3. The van der Waals surface area contributed by atoms with Gasteiger partial charge in [0.1, 0.15) is 0 Å². The fourth-order valence-electron chi connectivity index (χ4n) is 1.35. The van der Waals surface area contributed by atoms with Crippen molar-refractivity contribution in [1.82, 2.24) is 10.9 Å². The molecule has 1 aromatic carbocycles. The van der Waals surface area contributed by atoms with Gasteiger partial charge in [0.25, 0.3) is 0 Å². The zero-order valence-electron chi connectivity index (χ0n) is 7.85. The SMILES string of the molecule is CSc1ccc(C2(C(F)(F)F)NN2)cc1. The van der Waals surface area contributed by atoms with Crippen molar-refractivity contribution in [3.05, 3.63) is 29.8 Å². The lowest BCUT2D eigenvalue weighted by Crippen LogP contribution is -2.34. The van der Waals surface area contributed by atoms with Crippen molar-refractivity contribution in [3.8, 4) is 0 Å².